The van der Waals surface area contributed by atoms with E-state index in [2.05, 4.69) is 9.57 Å². The van der Waals surface area contributed by atoms with E-state index in [1.165, 1.54) is 0 Å². The lowest BCUT2D eigenvalue weighted by atomic mass is 10.1. The molecule has 0 amide bonds. The van der Waals surface area contributed by atoms with Gasteiger partial charge in [-0.2, -0.15) is 0 Å². The van der Waals surface area contributed by atoms with Crippen molar-refractivity contribution >= 4 is 0 Å². The summed E-state index contributed by atoms with van der Waals surface area (Å²) in [7, 11) is 5.94. The molecule has 3 N–H and O–H groups in total. The quantitative estimate of drug-likeness (QED) is 0.674. The maximum atomic E-state index is 7.00. The molecule has 16 heavy (non-hydrogen) atoms. The SMILES string of the molecule is CO.COC.COC1CCC(ON)O[C@H]1C. The molecule has 1 rings (SSSR count). The molecule has 6 heteroatoms. The van der Waals surface area contributed by atoms with Crippen molar-refractivity contribution in [2.24, 2.45) is 5.90 Å². The Morgan fingerprint density at radius 3 is 2.00 bits per heavy atom. The van der Waals surface area contributed by atoms with E-state index in [0.29, 0.717) is 0 Å². The molecule has 2 unspecified atom stereocenters. The van der Waals surface area contributed by atoms with Crippen LogP contribution in [0.2, 0.25) is 0 Å². The molecule has 6 nitrogen and oxygen atoms in total. The maximum absolute atomic E-state index is 7.00. The lowest BCUT2D eigenvalue weighted by molar-refractivity contribution is -0.223. The second-order valence-corrected chi connectivity index (χ2v) is 3.17. The van der Waals surface area contributed by atoms with Gasteiger partial charge in [0, 0.05) is 34.9 Å². The van der Waals surface area contributed by atoms with Crippen molar-refractivity contribution in [1.82, 2.24) is 0 Å². The molecule has 1 aliphatic rings. The minimum Gasteiger partial charge on any atom is -0.400 e. The predicted molar refractivity (Wildman–Crippen MR) is 60.7 cm³/mol. The maximum Gasteiger partial charge on any atom is 0.177 e. The summed E-state index contributed by atoms with van der Waals surface area (Å²) in [6.45, 7) is 1.96. The first-order valence-electron chi connectivity index (χ1n) is 5.08. The Labute approximate surface area is 97.6 Å². The number of methoxy groups -OCH3 is 2. The average Bonchev–Trinajstić information content (AvgIpc) is 2.32. The molecule has 1 heterocycles. The number of aliphatic hydroxyl groups excluding tert-OH is 1. The van der Waals surface area contributed by atoms with Gasteiger partial charge in [-0.1, -0.05) is 0 Å². The van der Waals surface area contributed by atoms with Gasteiger partial charge in [0.1, 0.15) is 0 Å². The monoisotopic (exact) mass is 239 g/mol. The van der Waals surface area contributed by atoms with Crippen LogP contribution in [0.3, 0.4) is 0 Å². The minimum absolute atomic E-state index is 0.0716. The van der Waals surface area contributed by atoms with Crippen molar-refractivity contribution in [3.63, 3.8) is 0 Å². The van der Waals surface area contributed by atoms with Gasteiger partial charge < -0.3 is 19.3 Å². The van der Waals surface area contributed by atoms with Crippen LogP contribution in [-0.4, -0.2) is 52.0 Å². The smallest absolute Gasteiger partial charge is 0.177 e. The zero-order chi connectivity index (χ0) is 13.0. The van der Waals surface area contributed by atoms with Gasteiger partial charge in [0.15, 0.2) is 6.29 Å². The second-order valence-electron chi connectivity index (χ2n) is 3.17. The molecule has 0 aromatic carbocycles. The van der Waals surface area contributed by atoms with Crippen LogP contribution in [0.4, 0.5) is 0 Å². The van der Waals surface area contributed by atoms with E-state index in [4.69, 9.17) is 20.5 Å². The van der Waals surface area contributed by atoms with Gasteiger partial charge in [-0.3, -0.25) is 4.84 Å². The number of hydrogen-bond donors (Lipinski definition) is 2. The van der Waals surface area contributed by atoms with Crippen LogP contribution < -0.4 is 5.90 Å². The highest BCUT2D eigenvalue weighted by atomic mass is 16.8. The minimum atomic E-state index is -0.253. The summed E-state index contributed by atoms with van der Waals surface area (Å²) in [5.74, 6) is 4.99. The highest BCUT2D eigenvalue weighted by Gasteiger charge is 2.27. The molecule has 0 bridgehead atoms. The molecule has 3 atom stereocenters. The first-order chi connectivity index (χ1) is 7.69. The fourth-order valence-corrected chi connectivity index (χ4v) is 1.34. The van der Waals surface area contributed by atoms with E-state index < -0.39 is 0 Å². The Morgan fingerprint density at radius 1 is 1.19 bits per heavy atom. The van der Waals surface area contributed by atoms with Crippen molar-refractivity contribution in [3.05, 3.63) is 0 Å². The number of rotatable bonds is 2. The van der Waals surface area contributed by atoms with Crippen LogP contribution in [0.15, 0.2) is 0 Å². The number of hydrogen-bond acceptors (Lipinski definition) is 6. The van der Waals surface area contributed by atoms with E-state index in [-0.39, 0.29) is 18.5 Å². The van der Waals surface area contributed by atoms with Crippen LogP contribution in [0.1, 0.15) is 19.8 Å². The molecule has 1 fully saturated rings. The van der Waals surface area contributed by atoms with Crippen LogP contribution in [0.5, 0.6) is 0 Å². The second kappa shape index (κ2) is 12.8. The van der Waals surface area contributed by atoms with Crippen molar-refractivity contribution in [1.29, 1.82) is 0 Å². The summed E-state index contributed by atoms with van der Waals surface area (Å²) in [6, 6.07) is 0. The van der Waals surface area contributed by atoms with E-state index in [1.54, 1.807) is 21.3 Å². The summed E-state index contributed by atoms with van der Waals surface area (Å²) in [5, 5.41) is 7.00. The third-order valence-electron chi connectivity index (χ3n) is 2.03. The third kappa shape index (κ3) is 7.98. The fraction of sp³-hybridized carbons (Fsp3) is 1.00. The molecule has 0 radical (unpaired) electrons. The molecular formula is C10H25NO5. The molecule has 0 saturated carbocycles. The summed E-state index contributed by atoms with van der Waals surface area (Å²) >= 11 is 0. The molecule has 0 aromatic heterocycles. The molecule has 0 aromatic rings. The van der Waals surface area contributed by atoms with Crippen LogP contribution in [-0.2, 0) is 19.0 Å². The zero-order valence-electron chi connectivity index (χ0n) is 10.8. The van der Waals surface area contributed by atoms with Crippen molar-refractivity contribution in [2.45, 2.75) is 38.3 Å². The zero-order valence-corrected chi connectivity index (χ0v) is 10.8. The van der Waals surface area contributed by atoms with Crippen molar-refractivity contribution in [2.75, 3.05) is 28.4 Å². The third-order valence-corrected chi connectivity index (χ3v) is 2.03. The van der Waals surface area contributed by atoms with Gasteiger partial charge in [-0.15, -0.1) is 0 Å². The van der Waals surface area contributed by atoms with E-state index in [9.17, 15) is 0 Å². The molecule has 0 spiro atoms. The highest BCUT2D eigenvalue weighted by Crippen LogP contribution is 2.20. The Morgan fingerprint density at radius 2 is 1.69 bits per heavy atom. The average molecular weight is 239 g/mol. The predicted octanol–water partition coefficient (Wildman–Crippen LogP) is 0.288. The summed E-state index contributed by atoms with van der Waals surface area (Å²) in [5.41, 5.74) is 0. The fourth-order valence-electron chi connectivity index (χ4n) is 1.34. The first-order valence-corrected chi connectivity index (χ1v) is 5.08. The molecule has 1 aliphatic heterocycles. The van der Waals surface area contributed by atoms with Crippen LogP contribution in [0.25, 0.3) is 0 Å². The Hall–Kier alpha value is -0.240. The summed E-state index contributed by atoms with van der Waals surface area (Å²) in [6.07, 6.45) is 1.75. The van der Waals surface area contributed by atoms with Gasteiger partial charge in [-0.05, 0) is 13.3 Å². The highest BCUT2D eigenvalue weighted by molar-refractivity contribution is 4.72. The first kappa shape index (κ1) is 18.1. The normalized spacial score (nSPS) is 28.3. The van der Waals surface area contributed by atoms with Crippen LogP contribution >= 0.6 is 0 Å². The van der Waals surface area contributed by atoms with Crippen LogP contribution in [0, 0.1) is 0 Å². The van der Waals surface area contributed by atoms with Gasteiger partial charge in [-0.25, -0.2) is 5.90 Å². The van der Waals surface area contributed by atoms with E-state index >= 15 is 0 Å². The van der Waals surface area contributed by atoms with E-state index in [1.807, 2.05) is 6.92 Å². The lowest BCUT2D eigenvalue weighted by Crippen LogP contribution is -2.40. The van der Waals surface area contributed by atoms with Gasteiger partial charge in [0.2, 0.25) is 0 Å². The van der Waals surface area contributed by atoms with Crippen molar-refractivity contribution in [3.8, 4) is 0 Å². The Bertz CT molecular complexity index is 136. The lowest BCUT2D eigenvalue weighted by Gasteiger charge is -2.32. The molecule has 1 saturated heterocycles. The van der Waals surface area contributed by atoms with Gasteiger partial charge in [0.05, 0.1) is 12.2 Å². The molecule has 100 valence electrons. The summed E-state index contributed by atoms with van der Waals surface area (Å²) < 4.78 is 14.8. The standard InChI is InChI=1S/C7H15NO3.C2H6O.CH4O/c1-5-6(9-2)3-4-7(10-5)11-8;1-3-2;1-2/h5-7H,3-4,8H2,1-2H3;1-2H3;2H,1H3/t5-,6?,7?;;/m0../s1. The number of nitrogens with two attached hydrogens (primary N) is 1. The number of aliphatic hydroxyl groups is 1. The number of ether oxygens (including phenoxy) is 3. The van der Waals surface area contributed by atoms with Gasteiger partial charge in [0.25, 0.3) is 0 Å². The topological polar surface area (TPSA) is 83.2 Å². The van der Waals surface area contributed by atoms with E-state index in [0.717, 1.165) is 20.0 Å². The Balaban J connectivity index is 0. The van der Waals surface area contributed by atoms with Crippen molar-refractivity contribution < 1.29 is 24.2 Å². The molecule has 0 aliphatic carbocycles. The largest absolute Gasteiger partial charge is 0.400 e. The summed E-state index contributed by atoms with van der Waals surface area (Å²) in [4.78, 5) is 4.58. The Kier molecular flexibility index (Phi) is 14.5. The van der Waals surface area contributed by atoms with Gasteiger partial charge >= 0.3 is 0 Å². The molecular weight excluding hydrogens is 214 g/mol.